The Morgan fingerprint density at radius 3 is 2.65 bits per heavy atom. The lowest BCUT2D eigenvalue weighted by Crippen LogP contribution is -2.46. The molecule has 0 saturated carbocycles. The number of nitrogens with zero attached hydrogens (tertiary/aromatic N) is 1. The van der Waals surface area contributed by atoms with Crippen LogP contribution in [0.5, 0.6) is 0 Å². The third-order valence-electron chi connectivity index (χ3n) is 3.08. The molecule has 1 aromatic carbocycles. The maximum atomic E-state index is 11.9. The van der Waals surface area contributed by atoms with Crippen molar-refractivity contribution in [3.63, 3.8) is 0 Å². The molecule has 0 aromatic heterocycles. The summed E-state index contributed by atoms with van der Waals surface area (Å²) in [7, 11) is -0.813. The van der Waals surface area contributed by atoms with Crippen LogP contribution in [0.25, 0.3) is 0 Å². The third-order valence-corrected chi connectivity index (χ3v) is 4.36. The number of urea groups is 1. The van der Waals surface area contributed by atoms with Crippen molar-refractivity contribution in [3.8, 4) is 0 Å². The SMILES string of the molecule is O=C(O)c1cccc(CNC(=O)N2CCS(=O)CC2)c1. The second kappa shape index (κ2) is 6.51. The molecule has 0 atom stereocenters. The normalized spacial score (nSPS) is 15.9. The van der Waals surface area contributed by atoms with Crippen LogP contribution in [0, 0.1) is 0 Å². The van der Waals surface area contributed by atoms with Crippen molar-refractivity contribution in [1.29, 1.82) is 0 Å². The van der Waals surface area contributed by atoms with Crippen LogP contribution in [0.15, 0.2) is 24.3 Å². The van der Waals surface area contributed by atoms with Crippen LogP contribution < -0.4 is 5.32 Å². The number of hydrogen-bond acceptors (Lipinski definition) is 3. The number of rotatable bonds is 3. The van der Waals surface area contributed by atoms with Gasteiger partial charge in [0.2, 0.25) is 0 Å². The van der Waals surface area contributed by atoms with Crippen LogP contribution in [-0.4, -0.2) is 50.8 Å². The average Bonchev–Trinajstić information content (AvgIpc) is 2.46. The molecule has 2 rings (SSSR count). The van der Waals surface area contributed by atoms with E-state index in [9.17, 15) is 13.8 Å². The molecule has 7 heteroatoms. The van der Waals surface area contributed by atoms with E-state index in [-0.39, 0.29) is 18.1 Å². The first kappa shape index (κ1) is 14.5. The minimum atomic E-state index is -0.989. The van der Waals surface area contributed by atoms with Crippen molar-refractivity contribution in [2.75, 3.05) is 24.6 Å². The van der Waals surface area contributed by atoms with Gasteiger partial charge in [0.1, 0.15) is 0 Å². The first-order valence-electron chi connectivity index (χ1n) is 6.26. The number of nitrogens with one attached hydrogen (secondary N) is 1. The summed E-state index contributed by atoms with van der Waals surface area (Å²) in [6.07, 6.45) is 0. The second-order valence-electron chi connectivity index (χ2n) is 4.50. The lowest BCUT2D eigenvalue weighted by Gasteiger charge is -2.26. The van der Waals surface area contributed by atoms with Gasteiger partial charge < -0.3 is 15.3 Å². The molecule has 0 spiro atoms. The van der Waals surface area contributed by atoms with Gasteiger partial charge in [-0.3, -0.25) is 4.21 Å². The van der Waals surface area contributed by atoms with Crippen molar-refractivity contribution in [2.45, 2.75) is 6.54 Å². The van der Waals surface area contributed by atoms with Crippen molar-refractivity contribution < 1.29 is 18.9 Å². The van der Waals surface area contributed by atoms with Crippen molar-refractivity contribution in [2.24, 2.45) is 0 Å². The fourth-order valence-electron chi connectivity index (χ4n) is 1.94. The number of amides is 2. The largest absolute Gasteiger partial charge is 0.478 e. The molecule has 1 heterocycles. The summed E-state index contributed by atoms with van der Waals surface area (Å²) in [6.45, 7) is 1.26. The molecule has 0 radical (unpaired) electrons. The Kier molecular flexibility index (Phi) is 4.73. The zero-order chi connectivity index (χ0) is 14.5. The van der Waals surface area contributed by atoms with Gasteiger partial charge in [0.15, 0.2) is 0 Å². The number of carboxylic acid groups (broad SMARTS) is 1. The highest BCUT2D eigenvalue weighted by molar-refractivity contribution is 7.85. The van der Waals surface area contributed by atoms with Gasteiger partial charge in [0, 0.05) is 41.9 Å². The van der Waals surface area contributed by atoms with Gasteiger partial charge in [0.05, 0.1) is 5.56 Å². The fourth-order valence-corrected chi connectivity index (χ4v) is 3.00. The Bertz CT molecular complexity index is 537. The van der Waals surface area contributed by atoms with Crippen LogP contribution in [0.2, 0.25) is 0 Å². The number of benzene rings is 1. The molecule has 6 nitrogen and oxygen atoms in total. The molecule has 0 unspecified atom stereocenters. The molecule has 1 aromatic rings. The highest BCUT2D eigenvalue weighted by Gasteiger charge is 2.19. The summed E-state index contributed by atoms with van der Waals surface area (Å²) in [5.74, 6) is 0.0424. The Balaban J connectivity index is 1.88. The molecule has 0 aliphatic carbocycles. The minimum absolute atomic E-state index is 0.199. The van der Waals surface area contributed by atoms with Gasteiger partial charge in [-0.05, 0) is 17.7 Å². The summed E-state index contributed by atoms with van der Waals surface area (Å²) in [4.78, 5) is 24.4. The molecular weight excluding hydrogens is 280 g/mol. The van der Waals surface area contributed by atoms with E-state index in [0.717, 1.165) is 5.56 Å². The highest BCUT2D eigenvalue weighted by Crippen LogP contribution is 2.06. The summed E-state index contributed by atoms with van der Waals surface area (Å²) in [5, 5.41) is 11.6. The zero-order valence-electron chi connectivity index (χ0n) is 10.9. The number of carbonyl (C=O) groups is 2. The quantitative estimate of drug-likeness (QED) is 0.858. The minimum Gasteiger partial charge on any atom is -0.478 e. The molecule has 1 aliphatic heterocycles. The van der Waals surface area contributed by atoms with Gasteiger partial charge in [-0.15, -0.1) is 0 Å². The van der Waals surface area contributed by atoms with Gasteiger partial charge >= 0.3 is 12.0 Å². The summed E-state index contributed by atoms with van der Waals surface area (Å²) in [5.41, 5.74) is 0.934. The average molecular weight is 296 g/mol. The van der Waals surface area contributed by atoms with Crippen LogP contribution >= 0.6 is 0 Å². The Morgan fingerprint density at radius 1 is 1.30 bits per heavy atom. The summed E-state index contributed by atoms with van der Waals surface area (Å²) >= 11 is 0. The fraction of sp³-hybridized carbons (Fsp3) is 0.385. The van der Waals surface area contributed by atoms with E-state index in [1.54, 1.807) is 17.0 Å². The van der Waals surface area contributed by atoms with Crippen LogP contribution in [0.4, 0.5) is 4.79 Å². The number of carboxylic acids is 1. The second-order valence-corrected chi connectivity index (χ2v) is 6.20. The monoisotopic (exact) mass is 296 g/mol. The Hall–Kier alpha value is -1.89. The topological polar surface area (TPSA) is 86.7 Å². The highest BCUT2D eigenvalue weighted by atomic mass is 32.2. The van der Waals surface area contributed by atoms with Crippen molar-refractivity contribution in [1.82, 2.24) is 10.2 Å². The van der Waals surface area contributed by atoms with Crippen LogP contribution in [0.3, 0.4) is 0 Å². The molecule has 1 saturated heterocycles. The maximum Gasteiger partial charge on any atom is 0.335 e. The van der Waals surface area contributed by atoms with Gasteiger partial charge in [0.25, 0.3) is 0 Å². The van der Waals surface area contributed by atoms with Gasteiger partial charge in [-0.2, -0.15) is 0 Å². The van der Waals surface area contributed by atoms with E-state index in [1.807, 2.05) is 0 Å². The summed E-state index contributed by atoms with van der Waals surface area (Å²) in [6, 6.07) is 6.25. The molecule has 20 heavy (non-hydrogen) atoms. The molecule has 0 bridgehead atoms. The maximum absolute atomic E-state index is 11.9. The predicted octanol–water partition coefficient (Wildman–Crippen LogP) is 0.659. The molecule has 1 fully saturated rings. The Labute approximate surface area is 119 Å². The number of aromatic carboxylic acids is 1. The molecule has 2 amide bonds. The number of hydrogen-bond donors (Lipinski definition) is 2. The Morgan fingerprint density at radius 2 is 2.00 bits per heavy atom. The van der Waals surface area contributed by atoms with Crippen molar-refractivity contribution in [3.05, 3.63) is 35.4 Å². The van der Waals surface area contributed by atoms with Crippen molar-refractivity contribution >= 4 is 22.8 Å². The van der Waals surface area contributed by atoms with Gasteiger partial charge in [-0.1, -0.05) is 12.1 Å². The lowest BCUT2D eigenvalue weighted by atomic mass is 10.1. The molecular formula is C13H16N2O4S. The van der Waals surface area contributed by atoms with E-state index in [1.165, 1.54) is 12.1 Å². The predicted molar refractivity (Wildman–Crippen MR) is 75.1 cm³/mol. The molecule has 2 N–H and O–H groups in total. The number of carbonyl (C=O) groups excluding carboxylic acids is 1. The van der Waals surface area contributed by atoms with Crippen LogP contribution in [-0.2, 0) is 17.3 Å². The smallest absolute Gasteiger partial charge is 0.335 e. The van der Waals surface area contributed by atoms with Gasteiger partial charge in [-0.25, -0.2) is 9.59 Å². The van der Waals surface area contributed by atoms with E-state index < -0.39 is 16.8 Å². The summed E-state index contributed by atoms with van der Waals surface area (Å²) < 4.78 is 11.2. The molecule has 1 aliphatic rings. The van der Waals surface area contributed by atoms with E-state index in [0.29, 0.717) is 24.6 Å². The molecule has 108 valence electrons. The third kappa shape index (κ3) is 3.80. The first-order chi connectivity index (χ1) is 9.56. The lowest BCUT2D eigenvalue weighted by molar-refractivity contribution is 0.0696. The first-order valence-corrected chi connectivity index (χ1v) is 7.75. The van der Waals surface area contributed by atoms with E-state index in [2.05, 4.69) is 5.32 Å². The van der Waals surface area contributed by atoms with E-state index >= 15 is 0 Å². The van der Waals surface area contributed by atoms with Crippen LogP contribution in [0.1, 0.15) is 15.9 Å². The zero-order valence-corrected chi connectivity index (χ0v) is 11.7. The standard InChI is InChI=1S/C13H16N2O4S/c16-12(17)11-3-1-2-10(8-11)9-14-13(18)15-4-6-20(19)7-5-15/h1-3,8H,4-7,9H2,(H,14,18)(H,16,17). The van der Waals surface area contributed by atoms with E-state index in [4.69, 9.17) is 5.11 Å².